The quantitative estimate of drug-likeness (QED) is 0.827. The van der Waals surface area contributed by atoms with E-state index in [0.29, 0.717) is 0 Å². The van der Waals surface area contributed by atoms with Gasteiger partial charge in [-0.25, -0.2) is 0 Å². The number of hydrogen-bond donors (Lipinski definition) is 0. The predicted octanol–water partition coefficient (Wildman–Crippen LogP) is 3.12. The van der Waals surface area contributed by atoms with Gasteiger partial charge in [-0.15, -0.1) is 0 Å². The van der Waals surface area contributed by atoms with Crippen molar-refractivity contribution < 1.29 is 4.79 Å². The van der Waals surface area contributed by atoms with Crippen molar-refractivity contribution in [3.05, 3.63) is 30.1 Å². The van der Waals surface area contributed by atoms with E-state index in [4.69, 9.17) is 0 Å². The van der Waals surface area contributed by atoms with Crippen molar-refractivity contribution in [2.24, 2.45) is 17.8 Å². The fraction of sp³-hybridized carbons (Fsp3) is 0.647. The SMILES string of the molecule is CN(C(=O)c1cccnc1)C12CC3CC(CC(C3)C1)C2. The molecular weight excluding hydrogens is 248 g/mol. The molecule has 1 amide bonds. The maximum absolute atomic E-state index is 12.7. The summed E-state index contributed by atoms with van der Waals surface area (Å²) in [6, 6.07) is 3.73. The number of amides is 1. The largest absolute Gasteiger partial charge is 0.336 e. The monoisotopic (exact) mass is 270 g/mol. The molecule has 0 aliphatic heterocycles. The minimum atomic E-state index is 0.141. The summed E-state index contributed by atoms with van der Waals surface area (Å²) in [4.78, 5) is 18.9. The molecule has 3 nitrogen and oxygen atoms in total. The van der Waals surface area contributed by atoms with E-state index in [1.165, 1.54) is 38.5 Å². The van der Waals surface area contributed by atoms with Gasteiger partial charge in [-0.2, -0.15) is 0 Å². The van der Waals surface area contributed by atoms with E-state index in [-0.39, 0.29) is 11.4 Å². The minimum absolute atomic E-state index is 0.141. The number of hydrogen-bond acceptors (Lipinski definition) is 2. The van der Waals surface area contributed by atoms with Crippen LogP contribution in [0.3, 0.4) is 0 Å². The van der Waals surface area contributed by atoms with Gasteiger partial charge in [-0.1, -0.05) is 0 Å². The van der Waals surface area contributed by atoms with Crippen molar-refractivity contribution in [2.75, 3.05) is 7.05 Å². The van der Waals surface area contributed by atoms with Crippen LogP contribution in [0, 0.1) is 17.8 Å². The van der Waals surface area contributed by atoms with E-state index in [1.807, 2.05) is 19.2 Å². The smallest absolute Gasteiger partial charge is 0.255 e. The van der Waals surface area contributed by atoms with Crippen molar-refractivity contribution in [2.45, 2.75) is 44.1 Å². The minimum Gasteiger partial charge on any atom is -0.336 e. The van der Waals surface area contributed by atoms with Crippen LogP contribution in [0.2, 0.25) is 0 Å². The number of nitrogens with zero attached hydrogens (tertiary/aromatic N) is 2. The summed E-state index contributed by atoms with van der Waals surface area (Å²) in [7, 11) is 2.02. The first-order chi connectivity index (χ1) is 9.66. The van der Waals surface area contributed by atoms with Crippen LogP contribution in [-0.2, 0) is 0 Å². The zero-order valence-corrected chi connectivity index (χ0v) is 12.1. The first kappa shape index (κ1) is 12.4. The van der Waals surface area contributed by atoms with Crippen molar-refractivity contribution in [1.29, 1.82) is 0 Å². The number of carbonyl (C=O) groups excluding carboxylic acids is 1. The molecule has 0 unspecified atom stereocenters. The Bertz CT molecular complexity index is 490. The lowest BCUT2D eigenvalue weighted by Crippen LogP contribution is -2.60. The molecule has 4 bridgehead atoms. The lowest BCUT2D eigenvalue weighted by molar-refractivity contribution is -0.0665. The van der Waals surface area contributed by atoms with Crippen LogP contribution in [-0.4, -0.2) is 28.4 Å². The number of rotatable bonds is 2. The Hall–Kier alpha value is -1.38. The number of aromatic nitrogens is 1. The molecule has 0 spiro atoms. The Kier molecular flexibility index (Phi) is 2.66. The number of carbonyl (C=O) groups is 1. The average molecular weight is 270 g/mol. The lowest BCUT2D eigenvalue weighted by Gasteiger charge is -2.59. The van der Waals surface area contributed by atoms with Gasteiger partial charge < -0.3 is 4.90 Å². The molecule has 1 aromatic rings. The van der Waals surface area contributed by atoms with Gasteiger partial charge in [0.15, 0.2) is 0 Å². The third kappa shape index (κ3) is 1.79. The molecule has 4 fully saturated rings. The molecule has 4 saturated carbocycles. The zero-order chi connectivity index (χ0) is 13.7. The molecule has 0 radical (unpaired) electrons. The maximum atomic E-state index is 12.7. The molecule has 106 valence electrons. The highest BCUT2D eigenvalue weighted by molar-refractivity contribution is 5.94. The van der Waals surface area contributed by atoms with E-state index >= 15 is 0 Å². The predicted molar refractivity (Wildman–Crippen MR) is 77.2 cm³/mol. The Balaban J connectivity index is 1.62. The average Bonchev–Trinajstić information content (AvgIpc) is 2.45. The molecule has 4 aliphatic rings. The van der Waals surface area contributed by atoms with Gasteiger partial charge in [0.1, 0.15) is 0 Å². The van der Waals surface area contributed by atoms with Crippen molar-refractivity contribution in [1.82, 2.24) is 9.88 Å². The van der Waals surface area contributed by atoms with Crippen molar-refractivity contribution in [3.63, 3.8) is 0 Å². The van der Waals surface area contributed by atoms with Crippen LogP contribution in [0.15, 0.2) is 24.5 Å². The third-order valence-electron chi connectivity index (χ3n) is 5.93. The summed E-state index contributed by atoms with van der Waals surface area (Å²) in [6.45, 7) is 0. The van der Waals surface area contributed by atoms with Gasteiger partial charge in [0, 0.05) is 25.0 Å². The fourth-order valence-electron chi connectivity index (χ4n) is 5.37. The molecule has 0 atom stereocenters. The number of pyridine rings is 1. The van der Waals surface area contributed by atoms with Gasteiger partial charge in [0.25, 0.3) is 5.91 Å². The molecule has 3 heteroatoms. The van der Waals surface area contributed by atoms with Gasteiger partial charge in [0.05, 0.1) is 5.56 Å². The third-order valence-corrected chi connectivity index (χ3v) is 5.93. The summed E-state index contributed by atoms with van der Waals surface area (Å²) >= 11 is 0. The zero-order valence-electron chi connectivity index (χ0n) is 12.1. The Labute approximate surface area is 120 Å². The van der Waals surface area contributed by atoms with E-state index in [0.717, 1.165) is 23.3 Å². The van der Waals surface area contributed by atoms with E-state index in [9.17, 15) is 4.79 Å². The lowest BCUT2D eigenvalue weighted by atomic mass is 9.52. The highest BCUT2D eigenvalue weighted by atomic mass is 16.2. The second kappa shape index (κ2) is 4.31. The molecule has 0 saturated heterocycles. The van der Waals surface area contributed by atoms with Crippen LogP contribution >= 0.6 is 0 Å². The van der Waals surface area contributed by atoms with Gasteiger partial charge in [-0.05, 0) is 68.4 Å². The summed E-state index contributed by atoms with van der Waals surface area (Å²) in [6.07, 6.45) is 11.3. The van der Waals surface area contributed by atoms with Crippen LogP contribution in [0.1, 0.15) is 48.9 Å². The summed E-state index contributed by atoms with van der Waals surface area (Å²) in [5.74, 6) is 2.75. The van der Waals surface area contributed by atoms with Crippen LogP contribution in [0.4, 0.5) is 0 Å². The van der Waals surface area contributed by atoms with Crippen molar-refractivity contribution >= 4 is 5.91 Å². The van der Waals surface area contributed by atoms with Gasteiger partial charge in [-0.3, -0.25) is 9.78 Å². The van der Waals surface area contributed by atoms with Crippen LogP contribution < -0.4 is 0 Å². The van der Waals surface area contributed by atoms with Crippen LogP contribution in [0.5, 0.6) is 0 Å². The molecule has 0 N–H and O–H groups in total. The normalized spacial score (nSPS) is 38.0. The topological polar surface area (TPSA) is 33.2 Å². The summed E-state index contributed by atoms with van der Waals surface area (Å²) < 4.78 is 0. The molecule has 5 rings (SSSR count). The molecule has 4 aliphatic carbocycles. The summed E-state index contributed by atoms with van der Waals surface area (Å²) in [5.41, 5.74) is 0.868. The molecule has 1 heterocycles. The van der Waals surface area contributed by atoms with Gasteiger partial charge >= 0.3 is 0 Å². The van der Waals surface area contributed by atoms with E-state index in [2.05, 4.69) is 9.88 Å². The molecule has 0 aromatic carbocycles. The Morgan fingerprint density at radius 3 is 2.30 bits per heavy atom. The second-order valence-electron chi connectivity index (χ2n) is 7.25. The molecular formula is C17H22N2O. The Morgan fingerprint density at radius 2 is 1.80 bits per heavy atom. The summed E-state index contributed by atoms with van der Waals surface area (Å²) in [5, 5.41) is 0. The highest BCUT2D eigenvalue weighted by Crippen LogP contribution is 2.57. The van der Waals surface area contributed by atoms with Crippen LogP contribution in [0.25, 0.3) is 0 Å². The van der Waals surface area contributed by atoms with E-state index < -0.39 is 0 Å². The van der Waals surface area contributed by atoms with Crippen molar-refractivity contribution in [3.8, 4) is 0 Å². The second-order valence-corrected chi connectivity index (χ2v) is 7.25. The maximum Gasteiger partial charge on any atom is 0.255 e. The molecule has 1 aromatic heterocycles. The molecule has 20 heavy (non-hydrogen) atoms. The first-order valence-electron chi connectivity index (χ1n) is 7.84. The van der Waals surface area contributed by atoms with Gasteiger partial charge in [0.2, 0.25) is 0 Å². The fourth-order valence-corrected chi connectivity index (χ4v) is 5.37. The first-order valence-corrected chi connectivity index (χ1v) is 7.84. The van der Waals surface area contributed by atoms with E-state index in [1.54, 1.807) is 12.4 Å². The highest BCUT2D eigenvalue weighted by Gasteiger charge is 2.53. The Morgan fingerprint density at radius 1 is 1.20 bits per heavy atom. The standard InChI is InChI=1S/C17H22N2O/c1-19(16(20)15-3-2-4-18-11-15)17-8-12-5-13(9-17)7-14(6-12)10-17/h2-4,11-14H,5-10H2,1H3.